The summed E-state index contributed by atoms with van der Waals surface area (Å²) < 4.78 is 5.51. The summed E-state index contributed by atoms with van der Waals surface area (Å²) in [5, 5.41) is 5.33. The highest BCUT2D eigenvalue weighted by Crippen LogP contribution is 2.34. The van der Waals surface area contributed by atoms with Gasteiger partial charge in [0.25, 0.3) is 5.91 Å². The monoisotopic (exact) mass is 459 g/mol. The van der Waals surface area contributed by atoms with Gasteiger partial charge >= 0.3 is 0 Å². The van der Waals surface area contributed by atoms with Gasteiger partial charge in [0, 0.05) is 24.2 Å². The van der Waals surface area contributed by atoms with Crippen molar-refractivity contribution in [1.29, 1.82) is 0 Å². The zero-order chi connectivity index (χ0) is 22.4. The number of fused-ring (bicyclic) bond motifs is 2. The lowest BCUT2D eigenvalue weighted by Gasteiger charge is -2.30. The Bertz CT molecular complexity index is 976. The van der Waals surface area contributed by atoms with E-state index < -0.39 is 23.6 Å². The molecule has 3 amide bonds. The van der Waals surface area contributed by atoms with Crippen LogP contribution in [0.25, 0.3) is 0 Å². The number of likely N-dealkylation sites (tertiary alicyclic amines) is 1. The van der Waals surface area contributed by atoms with Gasteiger partial charge in [0.1, 0.15) is 24.8 Å². The maximum atomic E-state index is 13.6. The Labute approximate surface area is 191 Å². The Morgan fingerprint density at radius 2 is 1.97 bits per heavy atom. The molecule has 32 heavy (non-hydrogen) atoms. The molecule has 1 aromatic carbocycles. The number of hydrogen-bond donors (Lipinski definition) is 2. The smallest absolute Gasteiger partial charge is 0.251 e. The van der Waals surface area contributed by atoms with Crippen LogP contribution in [-0.2, 0) is 25.5 Å². The van der Waals surface area contributed by atoms with Crippen LogP contribution in [0.1, 0.15) is 48.0 Å². The molecule has 2 saturated heterocycles. The van der Waals surface area contributed by atoms with E-state index in [1.165, 1.54) is 4.90 Å². The first-order chi connectivity index (χ1) is 15.4. The number of nitrogens with zero attached hydrogens (tertiary/aromatic N) is 1. The topological polar surface area (TPSA) is 105 Å². The summed E-state index contributed by atoms with van der Waals surface area (Å²) in [4.78, 5) is 52.2. The standard InChI is InChI=1S/C23H26ClN3O5/c24-15-10-27(20-17(28)11-32-21(15)20)23(31)19(12-3-1-2-4-12)26-22(30)14-5-7-16-13(9-14)6-8-18(29)25-16/h5,7,9,12,15,19-21H,1-4,6,8,10-11H2,(H,25,29)(H,26,30)/t15-,19-,20+,21+/m0/s1. The van der Waals surface area contributed by atoms with Crippen LogP contribution in [0.4, 0.5) is 5.69 Å². The third-order valence-electron chi connectivity index (χ3n) is 7.09. The fraction of sp³-hybridized carbons (Fsp3) is 0.565. The molecule has 0 spiro atoms. The second-order valence-corrected chi connectivity index (χ2v) is 9.67. The number of aryl methyl sites for hydroxylation is 1. The van der Waals surface area contributed by atoms with E-state index >= 15 is 0 Å². The SMILES string of the molecule is O=C1CCc2cc(C(=O)N[C@H](C(=O)N3C[C@H](Cl)[C@H]4OCC(=O)[C@H]43)C3CCCC3)ccc2N1. The Morgan fingerprint density at radius 3 is 2.75 bits per heavy atom. The second kappa shape index (κ2) is 8.48. The van der Waals surface area contributed by atoms with Gasteiger partial charge in [0.05, 0.1) is 5.38 Å². The molecule has 1 saturated carbocycles. The number of halogens is 1. The number of rotatable bonds is 4. The van der Waals surface area contributed by atoms with Crippen LogP contribution >= 0.6 is 11.6 Å². The summed E-state index contributed by atoms with van der Waals surface area (Å²) in [5.41, 5.74) is 2.07. The lowest BCUT2D eigenvalue weighted by Crippen LogP contribution is -2.54. The maximum absolute atomic E-state index is 13.6. The van der Waals surface area contributed by atoms with Crippen LogP contribution in [0.5, 0.6) is 0 Å². The van der Waals surface area contributed by atoms with E-state index in [1.54, 1.807) is 18.2 Å². The van der Waals surface area contributed by atoms with Crippen molar-refractivity contribution in [2.45, 2.75) is 62.1 Å². The van der Waals surface area contributed by atoms with E-state index in [1.807, 2.05) is 0 Å². The van der Waals surface area contributed by atoms with Gasteiger partial charge < -0.3 is 20.3 Å². The van der Waals surface area contributed by atoms with Gasteiger partial charge in [-0.25, -0.2) is 0 Å². The number of anilines is 1. The molecular formula is C23H26ClN3O5. The maximum Gasteiger partial charge on any atom is 0.251 e. The van der Waals surface area contributed by atoms with Crippen LogP contribution in [0.3, 0.4) is 0 Å². The fourth-order valence-electron chi connectivity index (χ4n) is 5.42. The first kappa shape index (κ1) is 21.4. The number of ketones is 1. The summed E-state index contributed by atoms with van der Waals surface area (Å²) in [7, 11) is 0. The second-order valence-electron chi connectivity index (χ2n) is 9.11. The first-order valence-electron chi connectivity index (χ1n) is 11.2. The highest BCUT2D eigenvalue weighted by molar-refractivity contribution is 6.22. The minimum atomic E-state index is -0.711. The van der Waals surface area contributed by atoms with Gasteiger partial charge in [0.15, 0.2) is 5.78 Å². The molecule has 8 nitrogen and oxygen atoms in total. The van der Waals surface area contributed by atoms with Gasteiger partial charge in [-0.3, -0.25) is 19.2 Å². The van der Waals surface area contributed by atoms with Gasteiger partial charge in [-0.15, -0.1) is 11.6 Å². The molecule has 0 bridgehead atoms. The molecule has 5 rings (SSSR count). The number of Topliss-reactive ketones (excluding diaryl/α,β-unsaturated/α-hetero) is 1. The van der Waals surface area contributed by atoms with Crippen molar-refractivity contribution in [2.24, 2.45) is 5.92 Å². The highest BCUT2D eigenvalue weighted by atomic mass is 35.5. The average Bonchev–Trinajstić information content (AvgIpc) is 3.51. The van der Waals surface area contributed by atoms with Crippen molar-refractivity contribution in [2.75, 3.05) is 18.5 Å². The highest BCUT2D eigenvalue weighted by Gasteiger charge is 2.53. The lowest BCUT2D eigenvalue weighted by atomic mass is 9.95. The van der Waals surface area contributed by atoms with Crippen LogP contribution < -0.4 is 10.6 Å². The first-order valence-corrected chi connectivity index (χ1v) is 11.7. The number of alkyl halides is 1. The molecule has 3 fully saturated rings. The summed E-state index contributed by atoms with van der Waals surface area (Å²) in [6.07, 6.45) is 4.19. The van der Waals surface area contributed by atoms with Crippen molar-refractivity contribution in [3.05, 3.63) is 29.3 Å². The number of hydrogen-bond acceptors (Lipinski definition) is 5. The van der Waals surface area contributed by atoms with Crippen molar-refractivity contribution < 1.29 is 23.9 Å². The molecule has 0 aromatic heterocycles. The van der Waals surface area contributed by atoms with Gasteiger partial charge in [-0.1, -0.05) is 12.8 Å². The molecule has 0 unspecified atom stereocenters. The molecule has 3 heterocycles. The van der Waals surface area contributed by atoms with Crippen LogP contribution in [0.15, 0.2) is 18.2 Å². The van der Waals surface area contributed by atoms with Crippen LogP contribution in [0.2, 0.25) is 0 Å². The molecule has 4 atom stereocenters. The molecule has 9 heteroatoms. The molecule has 2 N–H and O–H groups in total. The Morgan fingerprint density at radius 1 is 1.19 bits per heavy atom. The number of benzene rings is 1. The number of carbonyl (C=O) groups excluding carboxylic acids is 4. The minimum Gasteiger partial charge on any atom is -0.366 e. The summed E-state index contributed by atoms with van der Waals surface area (Å²) >= 11 is 6.37. The third-order valence-corrected chi connectivity index (χ3v) is 7.48. The quantitative estimate of drug-likeness (QED) is 0.666. The van der Waals surface area contributed by atoms with Crippen LogP contribution in [-0.4, -0.2) is 65.1 Å². The average molecular weight is 460 g/mol. The molecule has 1 aromatic rings. The van der Waals surface area contributed by atoms with E-state index in [4.69, 9.17) is 16.3 Å². The number of ether oxygens (including phenoxy) is 1. The molecule has 170 valence electrons. The summed E-state index contributed by atoms with van der Waals surface area (Å²) in [6, 6.07) is 3.78. The normalized spacial score (nSPS) is 28.3. The third kappa shape index (κ3) is 3.79. The molecule has 1 aliphatic carbocycles. The predicted octanol–water partition coefficient (Wildman–Crippen LogP) is 1.65. The largest absolute Gasteiger partial charge is 0.366 e. The molecule has 0 radical (unpaired) electrons. The van der Waals surface area contributed by atoms with Crippen molar-refractivity contribution in [3.63, 3.8) is 0 Å². The fourth-order valence-corrected chi connectivity index (χ4v) is 5.78. The van der Waals surface area contributed by atoms with E-state index in [2.05, 4.69) is 10.6 Å². The number of carbonyl (C=O) groups is 4. The molecule has 3 aliphatic heterocycles. The van der Waals surface area contributed by atoms with Crippen molar-refractivity contribution in [1.82, 2.24) is 10.2 Å². The predicted molar refractivity (Wildman–Crippen MR) is 116 cm³/mol. The van der Waals surface area contributed by atoms with Crippen molar-refractivity contribution in [3.8, 4) is 0 Å². The Kier molecular flexibility index (Phi) is 5.67. The zero-order valence-electron chi connectivity index (χ0n) is 17.6. The van der Waals surface area contributed by atoms with E-state index in [0.29, 0.717) is 18.4 Å². The zero-order valence-corrected chi connectivity index (χ0v) is 18.4. The van der Waals surface area contributed by atoms with Gasteiger partial charge in [-0.05, 0) is 48.9 Å². The Balaban J connectivity index is 1.37. The molecular weight excluding hydrogens is 434 g/mol. The van der Waals surface area contributed by atoms with E-state index in [9.17, 15) is 19.2 Å². The summed E-state index contributed by atoms with van der Waals surface area (Å²) in [6.45, 7) is 0.202. The van der Waals surface area contributed by atoms with E-state index in [-0.39, 0.29) is 42.6 Å². The van der Waals surface area contributed by atoms with Gasteiger partial charge in [-0.2, -0.15) is 0 Å². The number of nitrogens with one attached hydrogen (secondary N) is 2. The van der Waals surface area contributed by atoms with Gasteiger partial charge in [0.2, 0.25) is 11.8 Å². The van der Waals surface area contributed by atoms with Crippen molar-refractivity contribution >= 4 is 40.8 Å². The number of amides is 3. The minimum absolute atomic E-state index is 0.0219. The van der Waals surface area contributed by atoms with E-state index in [0.717, 1.165) is 36.9 Å². The Hall–Kier alpha value is -2.45. The van der Waals surface area contributed by atoms with Crippen LogP contribution in [0, 0.1) is 5.92 Å². The molecule has 4 aliphatic rings. The lowest BCUT2D eigenvalue weighted by molar-refractivity contribution is -0.139. The summed E-state index contributed by atoms with van der Waals surface area (Å²) in [5.74, 6) is -0.739.